The van der Waals surface area contributed by atoms with Gasteiger partial charge in [-0.2, -0.15) is 0 Å². The summed E-state index contributed by atoms with van der Waals surface area (Å²) in [5.41, 5.74) is 6.52. The molecule has 0 aliphatic carbocycles. The van der Waals surface area contributed by atoms with Gasteiger partial charge in [0.05, 0.1) is 5.69 Å². The van der Waals surface area contributed by atoms with Crippen LogP contribution in [0.3, 0.4) is 0 Å². The van der Waals surface area contributed by atoms with E-state index in [1.165, 1.54) is 0 Å². The van der Waals surface area contributed by atoms with E-state index >= 15 is 0 Å². The van der Waals surface area contributed by atoms with E-state index in [4.69, 9.17) is 10.5 Å². The quantitative estimate of drug-likeness (QED) is 0.687. The number of nitrogens with two attached hydrogens (primary N) is 1. The van der Waals surface area contributed by atoms with Gasteiger partial charge in [0.25, 0.3) is 0 Å². The van der Waals surface area contributed by atoms with Crippen molar-refractivity contribution in [2.45, 2.75) is 25.3 Å². The van der Waals surface area contributed by atoms with Crippen LogP contribution in [0.25, 0.3) is 0 Å². The number of amides is 1. The molecule has 0 aromatic heterocycles. The van der Waals surface area contributed by atoms with Crippen molar-refractivity contribution in [3.63, 3.8) is 0 Å². The number of nitrogens with one attached hydrogen (secondary N) is 1. The minimum atomic E-state index is -0.908. The van der Waals surface area contributed by atoms with Crippen molar-refractivity contribution in [1.82, 2.24) is 0 Å². The number of hydrogen-bond acceptors (Lipinski definition) is 4. The number of carbonyl (C=O) groups excluding carboxylic acids is 1. The fourth-order valence-electron chi connectivity index (χ4n) is 1.96. The molecule has 0 unspecified atom stereocenters. The van der Waals surface area contributed by atoms with Crippen LogP contribution in [-0.2, 0) is 9.53 Å². The number of benzene rings is 1. The van der Waals surface area contributed by atoms with Gasteiger partial charge in [-0.1, -0.05) is 6.07 Å². The summed E-state index contributed by atoms with van der Waals surface area (Å²) in [7, 11) is 0. The number of phenolic OH excluding ortho intramolecular Hbond substituents is 1. The van der Waals surface area contributed by atoms with Crippen molar-refractivity contribution in [1.29, 1.82) is 0 Å². The molecule has 1 heterocycles. The number of carbonyl (C=O) groups is 1. The van der Waals surface area contributed by atoms with Crippen molar-refractivity contribution < 1.29 is 14.6 Å². The highest BCUT2D eigenvalue weighted by atomic mass is 16.5. The third kappa shape index (κ3) is 2.63. The minimum absolute atomic E-state index is 0.0459. The lowest BCUT2D eigenvalue weighted by atomic mass is 9.90. The Hall–Kier alpha value is -1.59. The largest absolute Gasteiger partial charge is 0.506 e. The molecule has 98 valence electrons. The zero-order valence-electron chi connectivity index (χ0n) is 10.4. The van der Waals surface area contributed by atoms with Gasteiger partial charge in [0.1, 0.15) is 11.3 Å². The van der Waals surface area contributed by atoms with Gasteiger partial charge in [0.2, 0.25) is 5.91 Å². The number of ether oxygens (including phenoxy) is 1. The van der Waals surface area contributed by atoms with Gasteiger partial charge in [-0.05, 0) is 37.5 Å². The Labute approximate surface area is 106 Å². The highest BCUT2D eigenvalue weighted by molar-refractivity contribution is 5.99. The number of phenols is 1. The summed E-state index contributed by atoms with van der Waals surface area (Å²) >= 11 is 0. The molecule has 1 aliphatic heterocycles. The van der Waals surface area contributed by atoms with Gasteiger partial charge < -0.3 is 20.9 Å². The van der Waals surface area contributed by atoms with Crippen LogP contribution in [0.4, 0.5) is 5.69 Å². The molecule has 1 amide bonds. The maximum absolute atomic E-state index is 12.2. The summed E-state index contributed by atoms with van der Waals surface area (Å²) in [6.07, 6.45) is 0.983. The Morgan fingerprint density at radius 2 is 2.11 bits per heavy atom. The molecule has 1 aromatic carbocycles. The highest BCUT2D eigenvalue weighted by Crippen LogP contribution is 2.26. The molecule has 18 heavy (non-hydrogen) atoms. The number of aromatic hydroxyl groups is 1. The van der Waals surface area contributed by atoms with Crippen LogP contribution in [0.1, 0.15) is 18.4 Å². The molecule has 5 nitrogen and oxygen atoms in total. The Morgan fingerprint density at radius 1 is 1.44 bits per heavy atom. The summed E-state index contributed by atoms with van der Waals surface area (Å²) < 4.78 is 5.20. The molecule has 4 N–H and O–H groups in total. The Morgan fingerprint density at radius 3 is 2.78 bits per heavy atom. The summed E-state index contributed by atoms with van der Waals surface area (Å²) in [4.78, 5) is 12.2. The Kier molecular flexibility index (Phi) is 3.54. The minimum Gasteiger partial charge on any atom is -0.506 e. The second kappa shape index (κ2) is 4.96. The summed E-state index contributed by atoms with van der Waals surface area (Å²) in [5, 5.41) is 12.4. The van der Waals surface area contributed by atoms with Crippen LogP contribution in [-0.4, -0.2) is 29.8 Å². The summed E-state index contributed by atoms with van der Waals surface area (Å²) in [6.45, 7) is 2.87. The van der Waals surface area contributed by atoms with Crippen LogP contribution in [0, 0.1) is 6.92 Å². The van der Waals surface area contributed by atoms with Crippen LogP contribution in [0.2, 0.25) is 0 Å². The van der Waals surface area contributed by atoms with E-state index in [9.17, 15) is 9.90 Å². The lowest BCUT2D eigenvalue weighted by Gasteiger charge is -2.31. The van der Waals surface area contributed by atoms with E-state index in [1.54, 1.807) is 18.2 Å². The smallest absolute Gasteiger partial charge is 0.244 e. The fourth-order valence-corrected chi connectivity index (χ4v) is 1.96. The SMILES string of the molecule is Cc1ccc(O)c(NC(=O)C2(N)CCOCC2)c1. The highest BCUT2D eigenvalue weighted by Gasteiger charge is 2.36. The molecule has 1 fully saturated rings. The van der Waals surface area contributed by atoms with Gasteiger partial charge in [0, 0.05) is 13.2 Å². The Balaban J connectivity index is 2.13. The summed E-state index contributed by atoms with van der Waals surface area (Å²) in [5.74, 6) is -0.226. The van der Waals surface area contributed by atoms with E-state index in [0.29, 0.717) is 31.7 Å². The first kappa shape index (κ1) is 12.9. The van der Waals surface area contributed by atoms with Gasteiger partial charge in [-0.15, -0.1) is 0 Å². The van der Waals surface area contributed by atoms with E-state index < -0.39 is 5.54 Å². The first-order chi connectivity index (χ1) is 8.51. The van der Waals surface area contributed by atoms with Gasteiger partial charge in [-0.3, -0.25) is 4.79 Å². The van der Waals surface area contributed by atoms with Crippen molar-refractivity contribution in [3.05, 3.63) is 23.8 Å². The van der Waals surface area contributed by atoms with Crippen LogP contribution >= 0.6 is 0 Å². The monoisotopic (exact) mass is 250 g/mol. The van der Waals surface area contributed by atoms with Crippen molar-refractivity contribution in [2.75, 3.05) is 18.5 Å². The molecule has 5 heteroatoms. The molecule has 0 spiro atoms. The third-order valence-corrected chi connectivity index (χ3v) is 3.24. The fraction of sp³-hybridized carbons (Fsp3) is 0.462. The van der Waals surface area contributed by atoms with Crippen molar-refractivity contribution in [2.24, 2.45) is 5.73 Å². The second-order valence-electron chi connectivity index (χ2n) is 4.74. The zero-order chi connectivity index (χ0) is 13.2. The lowest BCUT2D eigenvalue weighted by Crippen LogP contribution is -2.54. The molecule has 2 rings (SSSR count). The van der Waals surface area contributed by atoms with Gasteiger partial charge >= 0.3 is 0 Å². The first-order valence-corrected chi connectivity index (χ1v) is 5.99. The van der Waals surface area contributed by atoms with Gasteiger partial charge in [-0.25, -0.2) is 0 Å². The lowest BCUT2D eigenvalue weighted by molar-refractivity contribution is -0.124. The average molecular weight is 250 g/mol. The molecule has 1 saturated heterocycles. The maximum Gasteiger partial charge on any atom is 0.244 e. The molecular formula is C13H18N2O3. The van der Waals surface area contributed by atoms with E-state index in [2.05, 4.69) is 5.32 Å². The Bertz CT molecular complexity index is 454. The average Bonchev–Trinajstić information content (AvgIpc) is 2.35. The van der Waals surface area contributed by atoms with E-state index in [0.717, 1.165) is 5.56 Å². The molecule has 0 saturated carbocycles. The number of rotatable bonds is 2. The molecule has 0 bridgehead atoms. The predicted octanol–water partition coefficient (Wildman–Crippen LogP) is 1.15. The molecule has 1 aromatic rings. The predicted molar refractivity (Wildman–Crippen MR) is 68.4 cm³/mol. The van der Waals surface area contributed by atoms with Crippen molar-refractivity contribution in [3.8, 4) is 5.75 Å². The number of aryl methyl sites for hydroxylation is 1. The van der Waals surface area contributed by atoms with Crippen LogP contribution in [0.5, 0.6) is 5.75 Å². The molecule has 0 atom stereocenters. The van der Waals surface area contributed by atoms with Gasteiger partial charge in [0.15, 0.2) is 0 Å². The normalized spacial score (nSPS) is 18.3. The van der Waals surface area contributed by atoms with Crippen molar-refractivity contribution >= 4 is 11.6 Å². The second-order valence-corrected chi connectivity index (χ2v) is 4.74. The topological polar surface area (TPSA) is 84.6 Å². The first-order valence-electron chi connectivity index (χ1n) is 5.99. The standard InChI is InChI=1S/C13H18N2O3/c1-9-2-3-11(16)10(8-9)15-12(17)13(14)4-6-18-7-5-13/h2-3,8,16H,4-7,14H2,1H3,(H,15,17). The number of hydrogen-bond donors (Lipinski definition) is 3. The molecular weight excluding hydrogens is 232 g/mol. The number of anilines is 1. The zero-order valence-corrected chi connectivity index (χ0v) is 10.4. The molecule has 1 aliphatic rings. The maximum atomic E-state index is 12.2. The molecule has 0 radical (unpaired) electrons. The van der Waals surface area contributed by atoms with E-state index in [-0.39, 0.29) is 11.7 Å². The summed E-state index contributed by atoms with van der Waals surface area (Å²) in [6, 6.07) is 5.05. The van der Waals surface area contributed by atoms with E-state index in [1.807, 2.05) is 6.92 Å². The third-order valence-electron chi connectivity index (χ3n) is 3.24. The van der Waals surface area contributed by atoms with Crippen LogP contribution < -0.4 is 11.1 Å². The van der Waals surface area contributed by atoms with Crippen LogP contribution in [0.15, 0.2) is 18.2 Å².